The molecule has 0 saturated carbocycles. The Morgan fingerprint density at radius 3 is 2.90 bits per heavy atom. The number of carbonyl (C=O) groups is 1. The molecule has 0 unspecified atom stereocenters. The van der Waals surface area contributed by atoms with Crippen molar-refractivity contribution in [1.29, 1.82) is 0 Å². The largest absolute Gasteiger partial charge is 0.397 e. The van der Waals surface area contributed by atoms with Gasteiger partial charge < -0.3 is 15.4 Å². The number of anilines is 1. The average molecular weight is 302 g/mol. The average Bonchev–Trinajstić information content (AvgIpc) is 2.85. The van der Waals surface area contributed by atoms with Gasteiger partial charge in [0.2, 0.25) is 0 Å². The number of hydrogen-bond acceptors (Lipinski definition) is 4. The number of methoxy groups -OCH3 is 1. The lowest BCUT2D eigenvalue weighted by atomic mass is 10.1. The molecule has 0 aliphatic carbocycles. The molecule has 0 atom stereocenters. The first kappa shape index (κ1) is 14.1. The standard InChI is InChI=1S/C16H18N2O2S/c1-20-10-11-6-8-18(9-7-11)16(19)15-14(17)12-4-2-3-5-13(12)21-15/h2-6H,7-10,17H2,1H3. The first-order valence-corrected chi connectivity index (χ1v) is 7.75. The number of rotatable bonds is 3. The summed E-state index contributed by atoms with van der Waals surface area (Å²) in [6, 6.07) is 7.87. The third-order valence-electron chi connectivity index (χ3n) is 3.75. The van der Waals surface area contributed by atoms with Crippen LogP contribution in [0.4, 0.5) is 5.69 Å². The smallest absolute Gasteiger partial charge is 0.266 e. The summed E-state index contributed by atoms with van der Waals surface area (Å²) in [6.45, 7) is 2.00. The Labute approximate surface area is 127 Å². The van der Waals surface area contributed by atoms with Crippen LogP contribution < -0.4 is 5.73 Å². The van der Waals surface area contributed by atoms with Crippen LogP contribution in [0.2, 0.25) is 0 Å². The highest BCUT2D eigenvalue weighted by Crippen LogP contribution is 2.34. The molecule has 0 bridgehead atoms. The molecule has 2 N–H and O–H groups in total. The van der Waals surface area contributed by atoms with Crippen LogP contribution in [0.25, 0.3) is 10.1 Å². The lowest BCUT2D eigenvalue weighted by Gasteiger charge is -2.26. The van der Waals surface area contributed by atoms with E-state index >= 15 is 0 Å². The summed E-state index contributed by atoms with van der Waals surface area (Å²) in [6.07, 6.45) is 2.94. The van der Waals surface area contributed by atoms with Gasteiger partial charge in [-0.1, -0.05) is 24.3 Å². The Kier molecular flexibility index (Phi) is 3.94. The SMILES string of the molecule is COCC1=CCN(C(=O)c2sc3ccccc3c2N)CC1. The maximum Gasteiger partial charge on any atom is 0.266 e. The van der Waals surface area contributed by atoms with Crippen LogP contribution >= 0.6 is 11.3 Å². The fraction of sp³-hybridized carbons (Fsp3) is 0.312. The second-order valence-corrected chi connectivity index (χ2v) is 6.19. The second kappa shape index (κ2) is 5.87. The normalized spacial score (nSPS) is 15.3. The fourth-order valence-corrected chi connectivity index (χ4v) is 3.67. The third kappa shape index (κ3) is 2.66. The van der Waals surface area contributed by atoms with Crippen LogP contribution in [-0.4, -0.2) is 37.6 Å². The van der Waals surface area contributed by atoms with Crippen molar-refractivity contribution in [1.82, 2.24) is 4.90 Å². The Bertz CT molecular complexity index is 705. The number of hydrogen-bond donors (Lipinski definition) is 1. The minimum Gasteiger partial charge on any atom is -0.397 e. The van der Waals surface area contributed by atoms with Crippen molar-refractivity contribution in [3.05, 3.63) is 40.8 Å². The number of amides is 1. The van der Waals surface area contributed by atoms with Gasteiger partial charge in [-0.05, 0) is 18.1 Å². The van der Waals surface area contributed by atoms with E-state index in [0.29, 0.717) is 23.7 Å². The first-order valence-electron chi connectivity index (χ1n) is 6.94. The van der Waals surface area contributed by atoms with Gasteiger partial charge in [0.25, 0.3) is 5.91 Å². The number of ether oxygens (including phenoxy) is 1. The van der Waals surface area contributed by atoms with Crippen LogP contribution in [0.15, 0.2) is 35.9 Å². The number of nitrogen functional groups attached to an aromatic ring is 1. The monoisotopic (exact) mass is 302 g/mol. The summed E-state index contributed by atoms with van der Waals surface area (Å²) in [4.78, 5) is 15.2. The molecule has 3 rings (SSSR count). The molecule has 4 nitrogen and oxygen atoms in total. The Morgan fingerprint density at radius 2 is 2.24 bits per heavy atom. The van der Waals surface area contributed by atoms with Gasteiger partial charge in [-0.15, -0.1) is 11.3 Å². The number of fused-ring (bicyclic) bond motifs is 1. The molecule has 21 heavy (non-hydrogen) atoms. The van der Waals surface area contributed by atoms with Gasteiger partial charge >= 0.3 is 0 Å². The summed E-state index contributed by atoms with van der Waals surface area (Å²) < 4.78 is 6.19. The van der Waals surface area contributed by atoms with E-state index in [1.807, 2.05) is 29.2 Å². The highest BCUT2D eigenvalue weighted by atomic mass is 32.1. The van der Waals surface area contributed by atoms with E-state index in [0.717, 1.165) is 23.1 Å². The van der Waals surface area contributed by atoms with Gasteiger partial charge in [0.15, 0.2) is 0 Å². The van der Waals surface area contributed by atoms with Gasteiger partial charge in [0.05, 0.1) is 12.3 Å². The zero-order valence-electron chi connectivity index (χ0n) is 12.0. The molecule has 1 aromatic carbocycles. The number of nitrogens with two attached hydrogens (primary N) is 1. The minimum absolute atomic E-state index is 0.0291. The van der Waals surface area contributed by atoms with Crippen molar-refractivity contribution >= 4 is 33.0 Å². The van der Waals surface area contributed by atoms with Crippen LogP contribution in [0.3, 0.4) is 0 Å². The predicted molar refractivity (Wildman–Crippen MR) is 86.7 cm³/mol. The molecule has 0 radical (unpaired) electrons. The molecule has 0 fully saturated rings. The summed E-state index contributed by atoms with van der Waals surface area (Å²) in [7, 11) is 1.69. The number of nitrogens with zero attached hydrogens (tertiary/aromatic N) is 1. The second-order valence-electron chi connectivity index (χ2n) is 5.14. The molecule has 110 valence electrons. The van der Waals surface area contributed by atoms with E-state index in [1.54, 1.807) is 7.11 Å². The van der Waals surface area contributed by atoms with E-state index in [9.17, 15) is 4.79 Å². The maximum absolute atomic E-state index is 12.7. The van der Waals surface area contributed by atoms with E-state index < -0.39 is 0 Å². The summed E-state index contributed by atoms with van der Waals surface area (Å²) in [5, 5.41) is 0.971. The van der Waals surface area contributed by atoms with Gasteiger partial charge in [0, 0.05) is 30.3 Å². The third-order valence-corrected chi connectivity index (χ3v) is 4.92. The summed E-state index contributed by atoms with van der Waals surface area (Å²) >= 11 is 1.48. The van der Waals surface area contributed by atoms with Gasteiger partial charge in [-0.2, -0.15) is 0 Å². The zero-order valence-corrected chi connectivity index (χ0v) is 12.8. The van der Waals surface area contributed by atoms with Crippen molar-refractivity contribution in [3.63, 3.8) is 0 Å². The zero-order chi connectivity index (χ0) is 14.8. The number of benzene rings is 1. The highest BCUT2D eigenvalue weighted by Gasteiger charge is 2.23. The van der Waals surface area contributed by atoms with E-state index in [4.69, 9.17) is 10.5 Å². The molecule has 1 aliphatic heterocycles. The highest BCUT2D eigenvalue weighted by molar-refractivity contribution is 7.21. The Hall–Kier alpha value is -1.85. The van der Waals surface area contributed by atoms with Crippen molar-refractivity contribution in [2.24, 2.45) is 0 Å². The van der Waals surface area contributed by atoms with Crippen LogP contribution in [0.5, 0.6) is 0 Å². The van der Waals surface area contributed by atoms with E-state index in [1.165, 1.54) is 16.9 Å². The van der Waals surface area contributed by atoms with Crippen molar-refractivity contribution < 1.29 is 9.53 Å². The molecule has 0 saturated heterocycles. The molecule has 5 heteroatoms. The molecular formula is C16H18N2O2S. The molecule has 1 amide bonds. The van der Waals surface area contributed by atoms with Crippen molar-refractivity contribution in [2.45, 2.75) is 6.42 Å². The molecule has 1 aliphatic rings. The van der Waals surface area contributed by atoms with Crippen molar-refractivity contribution in [3.8, 4) is 0 Å². The number of thiophene rings is 1. The predicted octanol–water partition coefficient (Wildman–Crippen LogP) is 2.90. The Balaban J connectivity index is 1.83. The molecule has 0 spiro atoms. The van der Waals surface area contributed by atoms with Gasteiger partial charge in [0.1, 0.15) is 4.88 Å². The molecular weight excluding hydrogens is 284 g/mol. The van der Waals surface area contributed by atoms with Gasteiger partial charge in [-0.3, -0.25) is 4.79 Å². The van der Waals surface area contributed by atoms with Crippen LogP contribution in [-0.2, 0) is 4.74 Å². The molecule has 2 aromatic rings. The minimum atomic E-state index is 0.0291. The van der Waals surface area contributed by atoms with E-state index in [-0.39, 0.29) is 5.91 Å². The molecule has 2 heterocycles. The molecule has 1 aromatic heterocycles. The van der Waals surface area contributed by atoms with Crippen LogP contribution in [0, 0.1) is 0 Å². The lowest BCUT2D eigenvalue weighted by Crippen LogP contribution is -2.35. The fourth-order valence-electron chi connectivity index (χ4n) is 2.58. The number of carbonyl (C=O) groups excluding carboxylic acids is 1. The van der Waals surface area contributed by atoms with Gasteiger partial charge in [-0.25, -0.2) is 0 Å². The first-order chi connectivity index (χ1) is 10.2. The van der Waals surface area contributed by atoms with Crippen molar-refractivity contribution in [2.75, 3.05) is 32.5 Å². The Morgan fingerprint density at radius 1 is 1.43 bits per heavy atom. The van der Waals surface area contributed by atoms with E-state index in [2.05, 4.69) is 6.08 Å². The lowest BCUT2D eigenvalue weighted by molar-refractivity contribution is 0.0771. The van der Waals surface area contributed by atoms with Crippen LogP contribution in [0.1, 0.15) is 16.1 Å². The maximum atomic E-state index is 12.7. The summed E-state index contributed by atoms with van der Waals surface area (Å²) in [5.74, 6) is 0.0291. The quantitative estimate of drug-likeness (QED) is 0.887. The topological polar surface area (TPSA) is 55.6 Å². The summed E-state index contributed by atoms with van der Waals surface area (Å²) in [5.41, 5.74) is 8.01.